The minimum absolute atomic E-state index is 0.00621. The zero-order chi connectivity index (χ0) is 20.5. The van der Waals surface area contributed by atoms with Crippen LogP contribution in [0, 0.1) is 0 Å². The van der Waals surface area contributed by atoms with Crippen molar-refractivity contribution in [3.8, 4) is 17.2 Å². The number of rotatable bonds is 8. The topological polar surface area (TPSA) is 85.9 Å². The molecule has 0 aliphatic carbocycles. The fraction of sp³-hybridized carbons (Fsp3) is 0.263. The fourth-order valence-electron chi connectivity index (χ4n) is 2.24. The second kappa shape index (κ2) is 10.1. The Kier molecular flexibility index (Phi) is 7.55. The number of carbonyl (C=O) groups excluding carboxylic acids is 2. The maximum Gasteiger partial charge on any atom is 0.387 e. The van der Waals surface area contributed by atoms with Gasteiger partial charge in [0.25, 0.3) is 11.8 Å². The van der Waals surface area contributed by atoms with Crippen LogP contribution in [-0.2, 0) is 0 Å². The van der Waals surface area contributed by atoms with Crippen LogP contribution >= 0.6 is 0 Å². The number of carbonyl (C=O) groups is 2. The molecule has 0 aromatic heterocycles. The molecule has 0 unspecified atom stereocenters. The third-order valence-corrected chi connectivity index (χ3v) is 3.44. The molecule has 7 nitrogen and oxygen atoms in total. The summed E-state index contributed by atoms with van der Waals surface area (Å²) in [5, 5.41) is 0. The lowest BCUT2D eigenvalue weighted by molar-refractivity contribution is -0.0514. The van der Waals surface area contributed by atoms with E-state index in [9.17, 15) is 18.4 Å². The summed E-state index contributed by atoms with van der Waals surface area (Å²) in [6, 6.07) is 10.1. The first-order valence-electron chi connectivity index (χ1n) is 8.49. The average Bonchev–Trinajstić information content (AvgIpc) is 2.68. The summed E-state index contributed by atoms with van der Waals surface area (Å²) in [6.45, 7) is 1.19. The van der Waals surface area contributed by atoms with Crippen LogP contribution < -0.4 is 25.1 Å². The number of hydrogen-bond donors (Lipinski definition) is 2. The Morgan fingerprint density at radius 1 is 0.857 bits per heavy atom. The van der Waals surface area contributed by atoms with Gasteiger partial charge >= 0.3 is 6.61 Å². The highest BCUT2D eigenvalue weighted by atomic mass is 19.3. The van der Waals surface area contributed by atoms with Crippen molar-refractivity contribution >= 4 is 11.8 Å². The highest BCUT2D eigenvalue weighted by molar-refractivity contribution is 5.99. The van der Waals surface area contributed by atoms with E-state index < -0.39 is 18.4 Å². The van der Waals surface area contributed by atoms with E-state index >= 15 is 0 Å². The number of hydrogen-bond acceptors (Lipinski definition) is 5. The van der Waals surface area contributed by atoms with Gasteiger partial charge in [-0.3, -0.25) is 20.4 Å². The predicted molar refractivity (Wildman–Crippen MR) is 96.8 cm³/mol. The normalized spacial score (nSPS) is 10.3. The van der Waals surface area contributed by atoms with Gasteiger partial charge in [-0.1, -0.05) is 0 Å². The van der Waals surface area contributed by atoms with Gasteiger partial charge in [-0.05, 0) is 56.3 Å². The number of alkyl halides is 2. The van der Waals surface area contributed by atoms with Crippen molar-refractivity contribution in [3.63, 3.8) is 0 Å². The van der Waals surface area contributed by atoms with Crippen LogP contribution in [0.1, 0.15) is 34.6 Å². The molecular formula is C19H20F2N2O5. The number of ether oxygens (including phenoxy) is 3. The van der Waals surface area contributed by atoms with E-state index in [0.717, 1.165) is 0 Å². The number of halogens is 2. The third kappa shape index (κ3) is 5.83. The lowest BCUT2D eigenvalue weighted by atomic mass is 10.2. The van der Waals surface area contributed by atoms with E-state index in [-0.39, 0.29) is 23.7 Å². The molecule has 0 saturated carbocycles. The zero-order valence-corrected chi connectivity index (χ0v) is 15.3. The molecule has 0 aliphatic heterocycles. The number of amides is 2. The smallest absolute Gasteiger partial charge is 0.387 e. The van der Waals surface area contributed by atoms with Gasteiger partial charge in [-0.25, -0.2) is 0 Å². The number of benzene rings is 2. The summed E-state index contributed by atoms with van der Waals surface area (Å²) >= 11 is 0. The van der Waals surface area contributed by atoms with Gasteiger partial charge in [0.1, 0.15) is 5.75 Å². The van der Waals surface area contributed by atoms with Crippen molar-refractivity contribution < 1.29 is 32.6 Å². The van der Waals surface area contributed by atoms with Crippen LogP contribution in [0.4, 0.5) is 8.78 Å². The average molecular weight is 394 g/mol. The number of hydrazine groups is 1. The second-order valence-corrected chi connectivity index (χ2v) is 5.34. The molecule has 0 atom stereocenters. The second-order valence-electron chi connectivity index (χ2n) is 5.34. The molecule has 2 rings (SSSR count). The molecule has 0 fully saturated rings. The van der Waals surface area contributed by atoms with Crippen molar-refractivity contribution in [2.75, 3.05) is 13.2 Å². The molecule has 0 aliphatic rings. The molecule has 28 heavy (non-hydrogen) atoms. The molecule has 0 bridgehead atoms. The standard InChI is InChI=1S/C19H20F2N2O5/c1-3-26-14-8-5-12(6-9-14)17(24)22-23-18(25)13-7-10-15(28-19(20)21)16(11-13)27-4-2/h5-11,19H,3-4H2,1-2H3,(H,22,24)(H,23,25). The highest BCUT2D eigenvalue weighted by Gasteiger charge is 2.15. The molecule has 0 radical (unpaired) electrons. The van der Waals surface area contributed by atoms with E-state index in [0.29, 0.717) is 17.9 Å². The van der Waals surface area contributed by atoms with Crippen molar-refractivity contribution in [2.24, 2.45) is 0 Å². The maximum atomic E-state index is 12.4. The summed E-state index contributed by atoms with van der Waals surface area (Å²) in [6.07, 6.45) is 0. The van der Waals surface area contributed by atoms with Gasteiger partial charge in [-0.15, -0.1) is 0 Å². The maximum absolute atomic E-state index is 12.4. The van der Waals surface area contributed by atoms with Crippen LogP contribution in [0.15, 0.2) is 42.5 Å². The van der Waals surface area contributed by atoms with Gasteiger partial charge in [0.15, 0.2) is 11.5 Å². The van der Waals surface area contributed by atoms with Crippen molar-refractivity contribution in [2.45, 2.75) is 20.5 Å². The first kappa shape index (κ1) is 20.9. The van der Waals surface area contributed by atoms with Crippen LogP contribution in [0.25, 0.3) is 0 Å². The van der Waals surface area contributed by atoms with E-state index in [1.165, 1.54) is 18.2 Å². The van der Waals surface area contributed by atoms with E-state index in [1.807, 2.05) is 6.92 Å². The molecule has 2 aromatic carbocycles. The first-order valence-corrected chi connectivity index (χ1v) is 8.49. The highest BCUT2D eigenvalue weighted by Crippen LogP contribution is 2.29. The Morgan fingerprint density at radius 2 is 1.43 bits per heavy atom. The largest absolute Gasteiger partial charge is 0.494 e. The Hall–Kier alpha value is -3.36. The summed E-state index contributed by atoms with van der Waals surface area (Å²) in [5.41, 5.74) is 4.94. The van der Waals surface area contributed by atoms with E-state index in [2.05, 4.69) is 15.6 Å². The Labute approximate surface area is 160 Å². The molecule has 150 valence electrons. The predicted octanol–water partition coefficient (Wildman–Crippen LogP) is 3.16. The summed E-state index contributed by atoms with van der Waals surface area (Å²) in [4.78, 5) is 24.3. The van der Waals surface area contributed by atoms with Crippen LogP contribution in [-0.4, -0.2) is 31.6 Å². The first-order chi connectivity index (χ1) is 13.4. The third-order valence-electron chi connectivity index (χ3n) is 3.44. The SMILES string of the molecule is CCOc1ccc(C(=O)NNC(=O)c2ccc(OC(F)F)c(OCC)c2)cc1. The van der Waals surface area contributed by atoms with Crippen LogP contribution in [0.3, 0.4) is 0 Å². The lowest BCUT2D eigenvalue weighted by Crippen LogP contribution is -2.41. The Morgan fingerprint density at radius 3 is 2.00 bits per heavy atom. The van der Waals surface area contributed by atoms with E-state index in [4.69, 9.17) is 9.47 Å². The van der Waals surface area contributed by atoms with Gasteiger partial charge in [0, 0.05) is 11.1 Å². The van der Waals surface area contributed by atoms with Crippen molar-refractivity contribution in [1.29, 1.82) is 0 Å². The molecule has 0 saturated heterocycles. The van der Waals surface area contributed by atoms with Gasteiger partial charge < -0.3 is 14.2 Å². The monoisotopic (exact) mass is 394 g/mol. The molecule has 2 N–H and O–H groups in total. The minimum Gasteiger partial charge on any atom is -0.494 e. The summed E-state index contributed by atoms with van der Waals surface area (Å²) in [5.74, 6) is -0.749. The van der Waals surface area contributed by atoms with Crippen LogP contribution in [0.5, 0.6) is 17.2 Å². The minimum atomic E-state index is -3.02. The Balaban J connectivity index is 2.01. The van der Waals surface area contributed by atoms with Crippen molar-refractivity contribution in [1.82, 2.24) is 10.9 Å². The molecule has 2 amide bonds. The molecular weight excluding hydrogens is 374 g/mol. The molecule has 0 heterocycles. The number of nitrogens with one attached hydrogen (secondary N) is 2. The summed E-state index contributed by atoms with van der Waals surface area (Å²) < 4.78 is 39.7. The van der Waals surface area contributed by atoms with Crippen molar-refractivity contribution in [3.05, 3.63) is 53.6 Å². The quantitative estimate of drug-likeness (QED) is 0.672. The Bertz CT molecular complexity index is 812. The van der Waals surface area contributed by atoms with Crippen LogP contribution in [0.2, 0.25) is 0 Å². The summed E-state index contributed by atoms with van der Waals surface area (Å²) in [7, 11) is 0. The fourth-order valence-corrected chi connectivity index (χ4v) is 2.24. The molecule has 9 heteroatoms. The van der Waals surface area contributed by atoms with Gasteiger partial charge in [-0.2, -0.15) is 8.78 Å². The van der Waals surface area contributed by atoms with Gasteiger partial charge in [0.05, 0.1) is 13.2 Å². The zero-order valence-electron chi connectivity index (χ0n) is 15.3. The van der Waals surface area contributed by atoms with E-state index in [1.54, 1.807) is 31.2 Å². The van der Waals surface area contributed by atoms with Gasteiger partial charge in [0.2, 0.25) is 0 Å². The lowest BCUT2D eigenvalue weighted by Gasteiger charge is -2.13. The molecule has 2 aromatic rings. The molecule has 0 spiro atoms.